The number of ether oxygens (including phenoxy) is 1. The fourth-order valence-electron chi connectivity index (χ4n) is 1.94. The van der Waals surface area contributed by atoms with Gasteiger partial charge in [0.1, 0.15) is 0 Å². The van der Waals surface area contributed by atoms with E-state index in [4.69, 9.17) is 4.74 Å². The van der Waals surface area contributed by atoms with Crippen LogP contribution in [-0.4, -0.2) is 41.7 Å². The van der Waals surface area contributed by atoms with E-state index in [2.05, 4.69) is 15.9 Å². The minimum Gasteiger partial charge on any atom is -0.481 e. The van der Waals surface area contributed by atoms with Crippen molar-refractivity contribution in [1.29, 1.82) is 0 Å². The van der Waals surface area contributed by atoms with Crippen molar-refractivity contribution in [2.45, 2.75) is 18.9 Å². The highest BCUT2D eigenvalue weighted by Crippen LogP contribution is 2.21. The highest BCUT2D eigenvalue weighted by molar-refractivity contribution is 9.10. The van der Waals surface area contributed by atoms with Crippen molar-refractivity contribution >= 4 is 21.8 Å². The lowest BCUT2D eigenvalue weighted by molar-refractivity contribution is -0.135. The van der Waals surface area contributed by atoms with Gasteiger partial charge >= 0.3 is 0 Å². The Morgan fingerprint density at radius 2 is 2.16 bits per heavy atom. The Labute approximate surface area is 119 Å². The topological polar surface area (TPSA) is 49.8 Å². The molecule has 0 bridgehead atoms. The molecule has 0 saturated carbocycles. The van der Waals surface area contributed by atoms with Crippen LogP contribution in [-0.2, 0) is 4.79 Å². The van der Waals surface area contributed by atoms with Gasteiger partial charge in [0.2, 0.25) is 0 Å². The molecule has 0 unspecified atom stereocenters. The quantitative estimate of drug-likeness (QED) is 0.921. The van der Waals surface area contributed by atoms with Crippen molar-refractivity contribution in [3.8, 4) is 5.75 Å². The molecular formula is C13H15BrFNO3. The normalized spacial score (nSPS) is 16.5. The van der Waals surface area contributed by atoms with Crippen LogP contribution in [0.5, 0.6) is 5.75 Å². The zero-order valence-corrected chi connectivity index (χ0v) is 11.9. The first kappa shape index (κ1) is 14.3. The molecule has 0 radical (unpaired) electrons. The number of carbonyl (C=O) groups is 1. The summed E-state index contributed by atoms with van der Waals surface area (Å²) in [7, 11) is 0. The first-order valence-electron chi connectivity index (χ1n) is 6.10. The number of benzene rings is 1. The van der Waals surface area contributed by atoms with Gasteiger partial charge in [-0.3, -0.25) is 4.79 Å². The van der Waals surface area contributed by atoms with E-state index in [0.29, 0.717) is 30.4 Å². The average molecular weight is 332 g/mol. The van der Waals surface area contributed by atoms with Crippen molar-refractivity contribution in [2.24, 2.45) is 0 Å². The summed E-state index contributed by atoms with van der Waals surface area (Å²) in [6, 6.07) is 4.42. The van der Waals surface area contributed by atoms with Gasteiger partial charge in [-0.1, -0.05) is 15.9 Å². The van der Waals surface area contributed by atoms with E-state index in [1.165, 1.54) is 12.1 Å². The van der Waals surface area contributed by atoms with Gasteiger partial charge in [-0.25, -0.2) is 4.39 Å². The molecule has 6 heteroatoms. The molecule has 0 aliphatic carbocycles. The SMILES string of the molecule is O=C(COc1ccc(Br)cc1F)N1CCC(O)CC1. The molecule has 1 saturated heterocycles. The van der Waals surface area contributed by atoms with Gasteiger partial charge in [-0.05, 0) is 31.0 Å². The molecule has 1 heterocycles. The predicted molar refractivity (Wildman–Crippen MR) is 71.4 cm³/mol. The predicted octanol–water partition coefficient (Wildman–Crippen LogP) is 1.95. The second-order valence-corrected chi connectivity index (χ2v) is 5.39. The lowest BCUT2D eigenvalue weighted by Crippen LogP contribution is -2.42. The highest BCUT2D eigenvalue weighted by atomic mass is 79.9. The van der Waals surface area contributed by atoms with Crippen molar-refractivity contribution in [3.05, 3.63) is 28.5 Å². The second-order valence-electron chi connectivity index (χ2n) is 4.48. The Bertz CT molecular complexity index is 461. The number of piperidine rings is 1. The van der Waals surface area contributed by atoms with Gasteiger partial charge in [-0.15, -0.1) is 0 Å². The number of likely N-dealkylation sites (tertiary alicyclic amines) is 1. The Hall–Kier alpha value is -1.14. The summed E-state index contributed by atoms with van der Waals surface area (Å²) in [4.78, 5) is 13.5. The van der Waals surface area contributed by atoms with Crippen LogP contribution in [0.3, 0.4) is 0 Å². The second kappa shape index (κ2) is 6.34. The van der Waals surface area contributed by atoms with E-state index < -0.39 is 5.82 Å². The third-order valence-corrected chi connectivity index (χ3v) is 3.56. The molecule has 104 valence electrons. The van der Waals surface area contributed by atoms with Crippen molar-refractivity contribution < 1.29 is 19.0 Å². The monoisotopic (exact) mass is 331 g/mol. The molecule has 0 atom stereocenters. The molecule has 4 nitrogen and oxygen atoms in total. The number of nitrogens with zero attached hydrogens (tertiary/aromatic N) is 1. The first-order chi connectivity index (χ1) is 9.06. The van der Waals surface area contributed by atoms with Crippen LogP contribution < -0.4 is 4.74 Å². The maximum absolute atomic E-state index is 13.5. The number of amides is 1. The Kier molecular flexibility index (Phi) is 4.76. The van der Waals surface area contributed by atoms with Gasteiger partial charge in [0.15, 0.2) is 18.2 Å². The number of hydrogen-bond donors (Lipinski definition) is 1. The van der Waals surface area contributed by atoms with Crippen LogP contribution in [0, 0.1) is 5.82 Å². The minimum atomic E-state index is -0.503. The molecule has 19 heavy (non-hydrogen) atoms. The van der Waals surface area contributed by atoms with E-state index in [-0.39, 0.29) is 24.4 Å². The van der Waals surface area contributed by atoms with Crippen LogP contribution in [0.15, 0.2) is 22.7 Å². The van der Waals surface area contributed by atoms with E-state index in [0.717, 1.165) is 0 Å². The van der Waals surface area contributed by atoms with E-state index >= 15 is 0 Å². The standard InChI is InChI=1S/C13H15BrFNO3/c14-9-1-2-12(11(15)7-9)19-8-13(18)16-5-3-10(17)4-6-16/h1-2,7,10,17H,3-6,8H2. The Morgan fingerprint density at radius 3 is 2.79 bits per heavy atom. The third kappa shape index (κ3) is 3.91. The maximum atomic E-state index is 13.5. The summed E-state index contributed by atoms with van der Waals surface area (Å²) in [6.07, 6.45) is 0.838. The molecule has 1 aromatic rings. The van der Waals surface area contributed by atoms with Crippen molar-refractivity contribution in [2.75, 3.05) is 19.7 Å². The van der Waals surface area contributed by atoms with Gasteiger partial charge in [-0.2, -0.15) is 0 Å². The number of carbonyl (C=O) groups excluding carboxylic acids is 1. The molecule has 0 spiro atoms. The Balaban J connectivity index is 1.86. The van der Waals surface area contributed by atoms with Gasteiger partial charge in [0.25, 0.3) is 5.91 Å². The highest BCUT2D eigenvalue weighted by Gasteiger charge is 2.21. The van der Waals surface area contributed by atoms with Crippen LogP contribution in [0.2, 0.25) is 0 Å². The molecular weight excluding hydrogens is 317 g/mol. The summed E-state index contributed by atoms with van der Waals surface area (Å²) in [5, 5.41) is 9.36. The fraction of sp³-hybridized carbons (Fsp3) is 0.462. The van der Waals surface area contributed by atoms with Crippen molar-refractivity contribution in [1.82, 2.24) is 4.90 Å². The van der Waals surface area contributed by atoms with Crippen LogP contribution >= 0.6 is 15.9 Å². The summed E-state index contributed by atoms with van der Waals surface area (Å²) >= 11 is 3.15. The van der Waals surface area contributed by atoms with E-state index in [9.17, 15) is 14.3 Å². The van der Waals surface area contributed by atoms with Gasteiger partial charge < -0.3 is 14.7 Å². The molecule has 1 aliphatic rings. The molecule has 1 aromatic carbocycles. The number of hydrogen-bond acceptors (Lipinski definition) is 3. The molecule has 1 aliphatic heterocycles. The zero-order chi connectivity index (χ0) is 13.8. The molecule has 1 N–H and O–H groups in total. The van der Waals surface area contributed by atoms with Crippen LogP contribution in [0.25, 0.3) is 0 Å². The average Bonchev–Trinajstić information content (AvgIpc) is 2.38. The smallest absolute Gasteiger partial charge is 0.260 e. The van der Waals surface area contributed by atoms with E-state index in [1.54, 1.807) is 11.0 Å². The summed E-state index contributed by atoms with van der Waals surface area (Å²) < 4.78 is 19.3. The number of rotatable bonds is 3. The fourth-order valence-corrected chi connectivity index (χ4v) is 2.27. The number of aliphatic hydroxyl groups is 1. The Morgan fingerprint density at radius 1 is 1.47 bits per heavy atom. The summed E-state index contributed by atoms with van der Waals surface area (Å²) in [5.41, 5.74) is 0. The number of halogens is 2. The lowest BCUT2D eigenvalue weighted by atomic mass is 10.1. The molecule has 2 rings (SSSR count). The molecule has 1 fully saturated rings. The summed E-state index contributed by atoms with van der Waals surface area (Å²) in [6.45, 7) is 0.854. The van der Waals surface area contributed by atoms with Crippen LogP contribution in [0.1, 0.15) is 12.8 Å². The largest absolute Gasteiger partial charge is 0.481 e. The zero-order valence-electron chi connectivity index (χ0n) is 10.3. The summed E-state index contributed by atoms with van der Waals surface area (Å²) in [5.74, 6) is -0.626. The first-order valence-corrected chi connectivity index (χ1v) is 6.89. The maximum Gasteiger partial charge on any atom is 0.260 e. The van der Waals surface area contributed by atoms with Crippen LogP contribution in [0.4, 0.5) is 4.39 Å². The van der Waals surface area contributed by atoms with Gasteiger partial charge in [0.05, 0.1) is 6.10 Å². The third-order valence-electron chi connectivity index (χ3n) is 3.06. The van der Waals surface area contributed by atoms with Crippen molar-refractivity contribution in [3.63, 3.8) is 0 Å². The lowest BCUT2D eigenvalue weighted by Gasteiger charge is -2.29. The minimum absolute atomic E-state index is 0.0635. The molecule has 1 amide bonds. The van der Waals surface area contributed by atoms with E-state index in [1.807, 2.05) is 0 Å². The molecule has 0 aromatic heterocycles. The van der Waals surface area contributed by atoms with Gasteiger partial charge in [0, 0.05) is 17.6 Å². The number of aliphatic hydroxyl groups excluding tert-OH is 1.